The number of aryl methyl sites for hydroxylation is 1. The van der Waals surface area contributed by atoms with E-state index in [2.05, 4.69) is 16.0 Å². The molecule has 5 rings (SSSR count). The van der Waals surface area contributed by atoms with Crippen LogP contribution in [-0.4, -0.2) is 76.6 Å². The van der Waals surface area contributed by atoms with Gasteiger partial charge in [0.25, 0.3) is 5.91 Å². The average molecular weight is 531 g/mol. The lowest BCUT2D eigenvalue weighted by Gasteiger charge is -2.22. The Kier molecular flexibility index (Phi) is 6.32. The predicted octanol–water partition coefficient (Wildman–Crippen LogP) is 3.31. The maximum atomic E-state index is 13.6. The van der Waals surface area contributed by atoms with Gasteiger partial charge < -0.3 is 9.80 Å². The second kappa shape index (κ2) is 9.26. The first-order chi connectivity index (χ1) is 17.9. The number of amides is 3. The lowest BCUT2D eigenvalue weighted by molar-refractivity contribution is -0.143. The number of imide groups is 1. The number of aromatic nitrogens is 2. The van der Waals surface area contributed by atoms with Crippen LogP contribution in [0.3, 0.4) is 0 Å². The zero-order valence-electron chi connectivity index (χ0n) is 22.4. The molecule has 2 unspecified atom stereocenters. The van der Waals surface area contributed by atoms with Crippen molar-refractivity contribution >= 4 is 39.3 Å². The van der Waals surface area contributed by atoms with Gasteiger partial charge in [0, 0.05) is 36.8 Å². The minimum atomic E-state index is -0.252. The number of carbonyl (C=O) groups excluding carboxylic acids is 3. The van der Waals surface area contributed by atoms with Gasteiger partial charge in [-0.15, -0.1) is 11.3 Å². The largest absolute Gasteiger partial charge is 0.340 e. The van der Waals surface area contributed by atoms with E-state index in [1.807, 2.05) is 45.8 Å². The molecule has 0 bridgehead atoms. The minimum absolute atomic E-state index is 0.108. The number of piperidine rings is 1. The molecular formula is C28H30N6O3S. The van der Waals surface area contributed by atoms with Gasteiger partial charge in [0.1, 0.15) is 11.8 Å². The Morgan fingerprint density at radius 1 is 1.16 bits per heavy atom. The highest BCUT2D eigenvalue weighted by atomic mass is 32.1. The fourth-order valence-electron chi connectivity index (χ4n) is 5.40. The topological polar surface area (TPSA) is 110 Å². The molecule has 4 heterocycles. The Bertz CT molecular complexity index is 1510. The van der Waals surface area contributed by atoms with Crippen LogP contribution in [0.1, 0.15) is 40.3 Å². The molecule has 38 heavy (non-hydrogen) atoms. The third-order valence-electron chi connectivity index (χ3n) is 7.70. The molecule has 196 valence electrons. The van der Waals surface area contributed by atoms with Gasteiger partial charge in [-0.3, -0.25) is 24.3 Å². The number of hydrogen-bond acceptors (Lipinski definition) is 8. The number of fused-ring (bicyclic) bond motifs is 2. The Labute approximate surface area is 225 Å². The molecule has 2 fully saturated rings. The average Bonchev–Trinajstić information content (AvgIpc) is 3.11. The van der Waals surface area contributed by atoms with E-state index in [-0.39, 0.29) is 47.2 Å². The van der Waals surface area contributed by atoms with E-state index in [4.69, 9.17) is 0 Å². The van der Waals surface area contributed by atoms with Gasteiger partial charge in [-0.2, -0.15) is 5.26 Å². The molecule has 3 aromatic rings. The molecule has 0 spiro atoms. The molecule has 2 aliphatic rings. The van der Waals surface area contributed by atoms with Crippen LogP contribution in [-0.2, 0) is 16.1 Å². The van der Waals surface area contributed by atoms with E-state index < -0.39 is 0 Å². The number of nitriles is 1. The Morgan fingerprint density at radius 3 is 2.47 bits per heavy atom. The van der Waals surface area contributed by atoms with E-state index in [1.54, 1.807) is 30.3 Å². The van der Waals surface area contributed by atoms with E-state index >= 15 is 0 Å². The SMILES string of the molecule is Cc1cc(C#N)nc(-c2ccnc3cc(CN4C(=O)C5C(C4=O)C5(C)C)sc23)c1C(=O)N(C)CCN(C)C. The number of nitrogens with zero attached hydrogens (tertiary/aromatic N) is 6. The smallest absolute Gasteiger partial charge is 0.256 e. The zero-order chi connectivity index (χ0) is 27.5. The van der Waals surface area contributed by atoms with Crippen molar-refractivity contribution in [3.05, 3.63) is 46.1 Å². The van der Waals surface area contributed by atoms with Crippen molar-refractivity contribution in [3.8, 4) is 17.3 Å². The van der Waals surface area contributed by atoms with Crippen LogP contribution in [0.5, 0.6) is 0 Å². The maximum absolute atomic E-state index is 13.6. The number of carbonyl (C=O) groups is 3. The van der Waals surface area contributed by atoms with Gasteiger partial charge in [0.2, 0.25) is 11.8 Å². The molecule has 3 amide bonds. The second-order valence-corrected chi connectivity index (χ2v) is 12.2. The second-order valence-electron chi connectivity index (χ2n) is 11.0. The van der Waals surface area contributed by atoms with Crippen molar-refractivity contribution in [2.75, 3.05) is 34.2 Å². The lowest BCUT2D eigenvalue weighted by Crippen LogP contribution is -2.35. The van der Waals surface area contributed by atoms with E-state index in [9.17, 15) is 19.6 Å². The quantitative estimate of drug-likeness (QED) is 0.431. The summed E-state index contributed by atoms with van der Waals surface area (Å²) < 4.78 is 0.791. The monoisotopic (exact) mass is 530 g/mol. The van der Waals surface area contributed by atoms with E-state index in [0.29, 0.717) is 41.0 Å². The molecule has 3 aromatic heterocycles. The Balaban J connectivity index is 1.53. The number of hydrogen-bond donors (Lipinski definition) is 0. The van der Waals surface area contributed by atoms with Crippen LogP contribution < -0.4 is 0 Å². The standard InChI is InChI=1S/C28H30N6O3S/c1-15-11-16(13-29)31-23(20(15)25(35)33(6)10-9-32(4)5)18-7-8-30-19-12-17(38-24(18)19)14-34-26(36)21-22(27(34)37)28(21,2)3/h7-8,11-12,21-22H,9-10,14H2,1-6H3. The normalized spacial score (nSPS) is 19.7. The first kappa shape index (κ1) is 25.9. The van der Waals surface area contributed by atoms with Gasteiger partial charge >= 0.3 is 0 Å². The molecule has 1 aliphatic carbocycles. The maximum Gasteiger partial charge on any atom is 0.256 e. The van der Waals surface area contributed by atoms with Gasteiger partial charge in [-0.25, -0.2) is 4.98 Å². The molecule has 0 N–H and O–H groups in total. The van der Waals surface area contributed by atoms with Gasteiger partial charge in [0.15, 0.2) is 0 Å². The van der Waals surface area contributed by atoms with Crippen molar-refractivity contribution in [1.29, 1.82) is 5.26 Å². The van der Waals surface area contributed by atoms with Crippen LogP contribution in [0.2, 0.25) is 0 Å². The minimum Gasteiger partial charge on any atom is -0.340 e. The van der Waals surface area contributed by atoms with Crippen LogP contribution >= 0.6 is 11.3 Å². The summed E-state index contributed by atoms with van der Waals surface area (Å²) in [5, 5.41) is 9.61. The number of likely N-dealkylation sites (tertiary alicyclic amines) is 1. The molecule has 9 nitrogen and oxygen atoms in total. The van der Waals surface area contributed by atoms with Gasteiger partial charge in [-0.05, 0) is 50.2 Å². The van der Waals surface area contributed by atoms with Crippen molar-refractivity contribution in [3.63, 3.8) is 0 Å². The predicted molar refractivity (Wildman–Crippen MR) is 144 cm³/mol. The highest BCUT2D eigenvalue weighted by Crippen LogP contribution is 2.63. The third kappa shape index (κ3) is 4.16. The molecule has 1 saturated carbocycles. The van der Waals surface area contributed by atoms with Crippen molar-refractivity contribution in [1.82, 2.24) is 24.7 Å². The molecule has 0 radical (unpaired) electrons. The van der Waals surface area contributed by atoms with E-state index in [1.165, 1.54) is 16.2 Å². The van der Waals surface area contributed by atoms with Crippen molar-refractivity contribution < 1.29 is 14.4 Å². The molecule has 0 aromatic carbocycles. The van der Waals surface area contributed by atoms with E-state index in [0.717, 1.165) is 9.58 Å². The molecule has 2 atom stereocenters. The summed E-state index contributed by atoms with van der Waals surface area (Å²) in [6.07, 6.45) is 1.65. The van der Waals surface area contributed by atoms with Crippen LogP contribution in [0.25, 0.3) is 21.5 Å². The van der Waals surface area contributed by atoms with Crippen LogP contribution in [0.15, 0.2) is 24.4 Å². The molecular weight excluding hydrogens is 500 g/mol. The number of thiophene rings is 1. The summed E-state index contributed by atoms with van der Waals surface area (Å²) >= 11 is 1.42. The fourth-order valence-corrected chi connectivity index (χ4v) is 6.52. The van der Waals surface area contributed by atoms with Crippen LogP contribution in [0, 0.1) is 35.5 Å². The van der Waals surface area contributed by atoms with Crippen molar-refractivity contribution in [2.24, 2.45) is 17.3 Å². The lowest BCUT2D eigenvalue weighted by atomic mass is 9.99. The first-order valence-electron chi connectivity index (χ1n) is 12.5. The molecule has 10 heteroatoms. The summed E-state index contributed by atoms with van der Waals surface area (Å²) in [7, 11) is 5.66. The van der Waals surface area contributed by atoms with Crippen LogP contribution in [0.4, 0.5) is 0 Å². The Hall–Kier alpha value is -3.68. The first-order valence-corrected chi connectivity index (χ1v) is 13.3. The molecule has 1 saturated heterocycles. The molecule has 1 aliphatic heterocycles. The summed E-state index contributed by atoms with van der Waals surface area (Å²) in [6, 6.07) is 7.41. The highest BCUT2D eigenvalue weighted by Gasteiger charge is 2.72. The highest BCUT2D eigenvalue weighted by molar-refractivity contribution is 7.19. The Morgan fingerprint density at radius 2 is 1.84 bits per heavy atom. The summed E-state index contributed by atoms with van der Waals surface area (Å²) in [4.78, 5) is 54.3. The number of pyridine rings is 2. The number of likely N-dealkylation sites (N-methyl/N-ethyl adjacent to an activating group) is 2. The van der Waals surface area contributed by atoms with Gasteiger partial charge in [0.05, 0.1) is 39.9 Å². The summed E-state index contributed by atoms with van der Waals surface area (Å²) in [6.45, 7) is 7.19. The zero-order valence-corrected chi connectivity index (χ0v) is 23.2. The third-order valence-corrected chi connectivity index (χ3v) is 8.84. The summed E-state index contributed by atoms with van der Waals surface area (Å²) in [5.41, 5.74) is 2.90. The van der Waals surface area contributed by atoms with Gasteiger partial charge in [-0.1, -0.05) is 13.8 Å². The summed E-state index contributed by atoms with van der Waals surface area (Å²) in [5.74, 6) is -0.839. The van der Waals surface area contributed by atoms with Crippen molar-refractivity contribution in [2.45, 2.75) is 27.3 Å². The fraction of sp³-hybridized carbons (Fsp3) is 0.429. The number of rotatable bonds is 7.